The molecule has 0 saturated heterocycles. The van der Waals surface area contributed by atoms with E-state index in [9.17, 15) is 18.0 Å². The number of carboxylic acids is 1. The van der Waals surface area contributed by atoms with Gasteiger partial charge in [0.25, 0.3) is 0 Å². The van der Waals surface area contributed by atoms with Crippen molar-refractivity contribution in [1.29, 1.82) is 0 Å². The molecule has 19 heavy (non-hydrogen) atoms. The Bertz CT molecular complexity index is 466. The van der Waals surface area contributed by atoms with Crippen molar-refractivity contribution in [2.75, 3.05) is 18.0 Å². The van der Waals surface area contributed by atoms with Crippen LogP contribution in [0.5, 0.6) is 0 Å². The Balaban J connectivity index is 3.09. The lowest BCUT2D eigenvalue weighted by Crippen LogP contribution is -2.35. The molecule has 1 rings (SSSR count). The Morgan fingerprint density at radius 3 is 2.63 bits per heavy atom. The standard InChI is InChI=1S/C11H12ClF3N2O2/c1-2-3-17(6-11(13,14)15)9-4-7(10(18)19)8(12)5-16-9/h4-5H,2-3,6H2,1H3,(H,18,19). The summed E-state index contributed by atoms with van der Waals surface area (Å²) in [5.74, 6) is -1.36. The van der Waals surface area contributed by atoms with Crippen LogP contribution in [0.4, 0.5) is 19.0 Å². The van der Waals surface area contributed by atoms with Gasteiger partial charge in [-0.05, 0) is 12.5 Å². The van der Waals surface area contributed by atoms with E-state index in [-0.39, 0.29) is 22.9 Å². The van der Waals surface area contributed by atoms with Gasteiger partial charge in [-0.15, -0.1) is 0 Å². The average molecular weight is 297 g/mol. The first-order valence-corrected chi connectivity index (χ1v) is 5.83. The molecule has 0 atom stereocenters. The van der Waals surface area contributed by atoms with Crippen LogP contribution in [0.3, 0.4) is 0 Å². The highest BCUT2D eigenvalue weighted by Gasteiger charge is 2.31. The van der Waals surface area contributed by atoms with E-state index < -0.39 is 18.7 Å². The van der Waals surface area contributed by atoms with Crippen LogP contribution in [0.15, 0.2) is 12.3 Å². The zero-order valence-electron chi connectivity index (χ0n) is 10.0. The predicted octanol–water partition coefficient (Wildman–Crippen LogP) is 3.21. The molecule has 0 radical (unpaired) electrons. The van der Waals surface area contributed by atoms with E-state index in [2.05, 4.69) is 4.98 Å². The van der Waals surface area contributed by atoms with Gasteiger partial charge in [-0.25, -0.2) is 9.78 Å². The van der Waals surface area contributed by atoms with E-state index in [0.717, 1.165) is 17.2 Å². The number of nitrogens with zero attached hydrogens (tertiary/aromatic N) is 2. The third-order valence-electron chi connectivity index (χ3n) is 2.26. The molecular weight excluding hydrogens is 285 g/mol. The van der Waals surface area contributed by atoms with Crippen LogP contribution in [0.1, 0.15) is 23.7 Å². The molecule has 4 nitrogen and oxygen atoms in total. The Labute approximate surface area is 112 Å². The van der Waals surface area contributed by atoms with Crippen LogP contribution in [-0.2, 0) is 0 Å². The first kappa shape index (κ1) is 15.6. The number of anilines is 1. The predicted molar refractivity (Wildman–Crippen MR) is 64.8 cm³/mol. The third kappa shape index (κ3) is 4.59. The van der Waals surface area contributed by atoms with Crippen LogP contribution in [0, 0.1) is 0 Å². The largest absolute Gasteiger partial charge is 0.478 e. The van der Waals surface area contributed by atoms with Gasteiger partial charge in [-0.1, -0.05) is 18.5 Å². The average Bonchev–Trinajstić information content (AvgIpc) is 2.27. The molecule has 0 saturated carbocycles. The van der Waals surface area contributed by atoms with E-state index in [0.29, 0.717) is 6.42 Å². The number of carbonyl (C=O) groups is 1. The van der Waals surface area contributed by atoms with Crippen LogP contribution in [0.25, 0.3) is 0 Å². The van der Waals surface area contributed by atoms with Crippen molar-refractivity contribution in [3.05, 3.63) is 22.8 Å². The summed E-state index contributed by atoms with van der Waals surface area (Å²) in [5, 5.41) is 8.77. The lowest BCUT2D eigenvalue weighted by atomic mass is 10.2. The van der Waals surface area contributed by atoms with E-state index in [1.807, 2.05) is 0 Å². The molecule has 0 amide bonds. The highest BCUT2D eigenvalue weighted by atomic mass is 35.5. The van der Waals surface area contributed by atoms with E-state index in [1.165, 1.54) is 0 Å². The zero-order chi connectivity index (χ0) is 14.6. The quantitative estimate of drug-likeness (QED) is 0.906. The van der Waals surface area contributed by atoms with Crippen molar-refractivity contribution in [3.63, 3.8) is 0 Å². The number of hydrogen-bond donors (Lipinski definition) is 1. The summed E-state index contributed by atoms with van der Waals surface area (Å²) in [6.45, 7) is 0.652. The summed E-state index contributed by atoms with van der Waals surface area (Å²) in [7, 11) is 0. The van der Waals surface area contributed by atoms with Gasteiger partial charge >= 0.3 is 12.1 Å². The monoisotopic (exact) mass is 296 g/mol. The van der Waals surface area contributed by atoms with Crippen LogP contribution < -0.4 is 4.90 Å². The second-order valence-corrected chi connectivity index (χ2v) is 4.27. The zero-order valence-corrected chi connectivity index (χ0v) is 10.8. The van der Waals surface area contributed by atoms with Gasteiger partial charge in [0.15, 0.2) is 0 Å². The third-order valence-corrected chi connectivity index (χ3v) is 2.56. The minimum absolute atomic E-state index is 0.0547. The second-order valence-electron chi connectivity index (χ2n) is 3.86. The summed E-state index contributed by atoms with van der Waals surface area (Å²) < 4.78 is 37.3. The van der Waals surface area contributed by atoms with Crippen molar-refractivity contribution < 1.29 is 23.1 Å². The number of pyridine rings is 1. The fraction of sp³-hybridized carbons (Fsp3) is 0.455. The Hall–Kier alpha value is -1.50. The smallest absolute Gasteiger partial charge is 0.405 e. The number of carboxylic acid groups (broad SMARTS) is 1. The maximum absolute atomic E-state index is 12.4. The van der Waals surface area contributed by atoms with Gasteiger partial charge in [-0.2, -0.15) is 13.2 Å². The van der Waals surface area contributed by atoms with Crippen LogP contribution in [-0.4, -0.2) is 35.3 Å². The van der Waals surface area contributed by atoms with E-state index in [1.54, 1.807) is 6.92 Å². The number of alkyl halides is 3. The summed E-state index contributed by atoms with van der Waals surface area (Å²) in [5.41, 5.74) is -0.269. The van der Waals surface area contributed by atoms with Crippen molar-refractivity contribution in [3.8, 4) is 0 Å². The molecule has 0 aromatic carbocycles. The normalized spacial score (nSPS) is 11.4. The lowest BCUT2D eigenvalue weighted by molar-refractivity contribution is -0.119. The fourth-order valence-corrected chi connectivity index (χ4v) is 1.71. The minimum Gasteiger partial charge on any atom is -0.478 e. The van der Waals surface area contributed by atoms with Gasteiger partial charge in [0, 0.05) is 12.7 Å². The molecule has 1 aromatic heterocycles. The Morgan fingerprint density at radius 2 is 2.16 bits per heavy atom. The number of halogens is 4. The number of aromatic carboxylic acids is 1. The summed E-state index contributed by atoms with van der Waals surface area (Å²) in [6.07, 6.45) is -2.87. The highest BCUT2D eigenvalue weighted by Crippen LogP contribution is 2.24. The molecule has 0 aliphatic heterocycles. The SMILES string of the molecule is CCCN(CC(F)(F)F)c1cc(C(=O)O)c(Cl)cn1. The molecule has 0 unspecified atom stereocenters. The highest BCUT2D eigenvalue weighted by molar-refractivity contribution is 6.33. The number of hydrogen-bond acceptors (Lipinski definition) is 3. The van der Waals surface area contributed by atoms with Gasteiger partial charge < -0.3 is 10.0 Å². The molecule has 1 aromatic rings. The van der Waals surface area contributed by atoms with E-state index in [4.69, 9.17) is 16.7 Å². The van der Waals surface area contributed by atoms with Crippen molar-refractivity contribution in [2.24, 2.45) is 0 Å². The maximum Gasteiger partial charge on any atom is 0.405 e. The molecule has 1 N–H and O–H groups in total. The van der Waals surface area contributed by atoms with E-state index >= 15 is 0 Å². The van der Waals surface area contributed by atoms with Crippen LogP contribution >= 0.6 is 11.6 Å². The maximum atomic E-state index is 12.4. The topological polar surface area (TPSA) is 53.4 Å². The first-order valence-electron chi connectivity index (χ1n) is 5.45. The summed E-state index contributed by atoms with van der Waals surface area (Å²) in [6, 6.07) is 1.05. The van der Waals surface area contributed by atoms with Crippen molar-refractivity contribution in [1.82, 2.24) is 4.98 Å². The van der Waals surface area contributed by atoms with Gasteiger partial charge in [0.05, 0.1) is 10.6 Å². The second kappa shape index (κ2) is 6.10. The van der Waals surface area contributed by atoms with Crippen LogP contribution in [0.2, 0.25) is 5.02 Å². The first-order chi connectivity index (χ1) is 8.74. The van der Waals surface area contributed by atoms with Crippen molar-refractivity contribution >= 4 is 23.4 Å². The van der Waals surface area contributed by atoms with Gasteiger partial charge in [0.2, 0.25) is 0 Å². The molecular formula is C11H12ClF3N2O2. The fourth-order valence-electron chi connectivity index (χ4n) is 1.53. The number of aromatic nitrogens is 1. The lowest BCUT2D eigenvalue weighted by Gasteiger charge is -2.24. The molecule has 8 heteroatoms. The Kier molecular flexibility index (Phi) is 4.99. The molecule has 0 aliphatic carbocycles. The molecule has 0 spiro atoms. The molecule has 1 heterocycles. The van der Waals surface area contributed by atoms with Gasteiger partial charge in [-0.3, -0.25) is 0 Å². The molecule has 106 valence electrons. The van der Waals surface area contributed by atoms with Crippen molar-refractivity contribution in [2.45, 2.75) is 19.5 Å². The molecule has 0 fully saturated rings. The van der Waals surface area contributed by atoms with Gasteiger partial charge in [0.1, 0.15) is 12.4 Å². The minimum atomic E-state index is -4.39. The molecule has 0 aliphatic rings. The number of rotatable bonds is 5. The molecule has 0 bridgehead atoms. The summed E-state index contributed by atoms with van der Waals surface area (Å²) in [4.78, 5) is 15.6. The summed E-state index contributed by atoms with van der Waals surface area (Å²) >= 11 is 5.62. The Morgan fingerprint density at radius 1 is 1.53 bits per heavy atom.